The maximum atomic E-state index is 12.5. The summed E-state index contributed by atoms with van der Waals surface area (Å²) in [6.07, 6.45) is 4.13. The van der Waals surface area contributed by atoms with Gasteiger partial charge in [0.15, 0.2) is 5.65 Å². The van der Waals surface area contributed by atoms with Gasteiger partial charge in [0.2, 0.25) is 5.91 Å². The van der Waals surface area contributed by atoms with Crippen molar-refractivity contribution in [3.8, 4) is 11.4 Å². The number of hydrogen-bond acceptors (Lipinski definition) is 6. The minimum absolute atomic E-state index is 0.130. The van der Waals surface area contributed by atoms with E-state index >= 15 is 0 Å². The van der Waals surface area contributed by atoms with Gasteiger partial charge in [-0.2, -0.15) is 5.10 Å². The lowest BCUT2D eigenvalue weighted by Crippen LogP contribution is -2.15. The van der Waals surface area contributed by atoms with Crippen LogP contribution in [0.3, 0.4) is 0 Å². The summed E-state index contributed by atoms with van der Waals surface area (Å²) in [5.74, 6) is 0.756. The third kappa shape index (κ3) is 4.44. The van der Waals surface area contributed by atoms with Crippen molar-refractivity contribution in [2.24, 2.45) is 0 Å². The lowest BCUT2D eigenvalue weighted by molar-refractivity contribution is -0.113. The van der Waals surface area contributed by atoms with Crippen molar-refractivity contribution in [3.63, 3.8) is 0 Å². The first-order chi connectivity index (χ1) is 14.8. The van der Waals surface area contributed by atoms with Gasteiger partial charge in [-0.25, -0.2) is 14.6 Å². The minimum Gasteiger partial charge on any atom is -0.491 e. The number of thioether (sulfide) groups is 1. The zero-order valence-corrected chi connectivity index (χ0v) is 17.3. The fourth-order valence-corrected chi connectivity index (χ4v) is 3.68. The van der Waals surface area contributed by atoms with Crippen molar-refractivity contribution in [3.05, 3.63) is 67.1 Å². The molecule has 0 spiro atoms. The molecule has 0 fully saturated rings. The Morgan fingerprint density at radius 1 is 1.10 bits per heavy atom. The quantitative estimate of drug-likeness (QED) is 0.338. The van der Waals surface area contributed by atoms with Gasteiger partial charge in [0.25, 0.3) is 0 Å². The molecular weight excluding hydrogens is 398 g/mol. The third-order valence-corrected chi connectivity index (χ3v) is 5.30. The Labute approximate surface area is 178 Å². The van der Waals surface area contributed by atoms with Gasteiger partial charge in [-0.3, -0.25) is 4.79 Å². The van der Waals surface area contributed by atoms with Gasteiger partial charge in [-0.05, 0) is 30.7 Å². The molecule has 0 aliphatic rings. The molecule has 2 aromatic heterocycles. The number of nitrogens with zero attached hydrogens (tertiary/aromatic N) is 4. The van der Waals surface area contributed by atoms with Crippen molar-refractivity contribution in [2.45, 2.75) is 18.4 Å². The SMILES string of the molecule is CCCOc1ccccc1NC(=O)CSc1ncnc2c1cnn2-c1ccccc1. The molecule has 152 valence electrons. The monoisotopic (exact) mass is 419 g/mol. The molecule has 4 rings (SSSR count). The first-order valence-corrected chi connectivity index (χ1v) is 10.6. The fraction of sp³-hybridized carbons (Fsp3) is 0.182. The lowest BCUT2D eigenvalue weighted by atomic mass is 10.3. The van der Waals surface area contributed by atoms with Crippen LogP contribution in [0.15, 0.2) is 72.1 Å². The summed E-state index contributed by atoms with van der Waals surface area (Å²) in [5, 5.41) is 8.89. The fourth-order valence-electron chi connectivity index (χ4n) is 2.92. The van der Waals surface area contributed by atoms with E-state index in [1.54, 1.807) is 10.9 Å². The summed E-state index contributed by atoms with van der Waals surface area (Å²) in [6.45, 7) is 2.65. The van der Waals surface area contributed by atoms with E-state index in [0.717, 1.165) is 17.5 Å². The predicted octanol–water partition coefficient (Wildman–Crippen LogP) is 4.34. The molecule has 0 bridgehead atoms. The second kappa shape index (κ2) is 9.41. The van der Waals surface area contributed by atoms with Gasteiger partial charge in [0, 0.05) is 0 Å². The maximum absolute atomic E-state index is 12.5. The van der Waals surface area contributed by atoms with Crippen LogP contribution in [-0.2, 0) is 4.79 Å². The van der Waals surface area contributed by atoms with Crippen molar-refractivity contribution in [1.29, 1.82) is 0 Å². The Balaban J connectivity index is 1.47. The highest BCUT2D eigenvalue weighted by Crippen LogP contribution is 2.27. The van der Waals surface area contributed by atoms with Gasteiger partial charge < -0.3 is 10.1 Å². The second-order valence-electron chi connectivity index (χ2n) is 6.49. The Morgan fingerprint density at radius 2 is 1.90 bits per heavy atom. The highest BCUT2D eigenvalue weighted by atomic mass is 32.2. The van der Waals surface area contributed by atoms with Crippen LogP contribution >= 0.6 is 11.8 Å². The maximum Gasteiger partial charge on any atom is 0.234 e. The number of para-hydroxylation sites is 3. The molecule has 0 aliphatic carbocycles. The number of ether oxygens (including phenoxy) is 1. The third-order valence-electron chi connectivity index (χ3n) is 4.29. The highest BCUT2D eigenvalue weighted by Gasteiger charge is 2.14. The molecular formula is C22H21N5O2S. The molecule has 1 amide bonds. The molecule has 2 heterocycles. The number of carbonyl (C=O) groups is 1. The van der Waals surface area contributed by atoms with Crippen molar-refractivity contribution < 1.29 is 9.53 Å². The molecule has 0 saturated heterocycles. The molecule has 1 N–H and O–H groups in total. The largest absolute Gasteiger partial charge is 0.491 e. The number of nitrogens with one attached hydrogen (secondary N) is 1. The van der Waals surface area contributed by atoms with Crippen LogP contribution in [0.25, 0.3) is 16.7 Å². The standard InChI is InChI=1S/C22H21N5O2S/c1-2-12-29-19-11-7-6-10-18(19)26-20(28)14-30-22-17-13-25-27(21(17)23-15-24-22)16-8-4-3-5-9-16/h3-11,13,15H,2,12,14H2,1H3,(H,26,28). The minimum atomic E-state index is -0.130. The highest BCUT2D eigenvalue weighted by molar-refractivity contribution is 8.00. The zero-order valence-electron chi connectivity index (χ0n) is 16.5. The molecule has 0 atom stereocenters. The smallest absolute Gasteiger partial charge is 0.234 e. The molecule has 4 aromatic rings. The Hall–Kier alpha value is -3.39. The molecule has 0 aliphatic heterocycles. The zero-order chi connectivity index (χ0) is 20.8. The van der Waals surface area contributed by atoms with Gasteiger partial charge in [0.05, 0.1) is 35.3 Å². The number of amides is 1. The summed E-state index contributed by atoms with van der Waals surface area (Å²) in [4.78, 5) is 21.2. The normalized spacial score (nSPS) is 10.8. The molecule has 0 saturated carbocycles. The van der Waals surface area contributed by atoms with E-state index in [1.165, 1.54) is 18.1 Å². The van der Waals surface area contributed by atoms with Crippen molar-refractivity contribution >= 4 is 34.4 Å². The summed E-state index contributed by atoms with van der Waals surface area (Å²) >= 11 is 1.35. The number of rotatable bonds is 8. The van der Waals surface area contributed by atoms with Crippen LogP contribution in [0, 0.1) is 0 Å². The molecule has 0 unspecified atom stereocenters. The first-order valence-electron chi connectivity index (χ1n) is 9.65. The Bertz CT molecular complexity index is 1150. The molecule has 30 heavy (non-hydrogen) atoms. The van der Waals surface area contributed by atoms with E-state index in [1.807, 2.05) is 61.5 Å². The number of benzene rings is 2. The first kappa shape index (κ1) is 19.9. The molecule has 8 heteroatoms. The number of hydrogen-bond donors (Lipinski definition) is 1. The average Bonchev–Trinajstić information content (AvgIpc) is 3.22. The van der Waals surface area contributed by atoms with E-state index < -0.39 is 0 Å². The molecule has 0 radical (unpaired) electrons. The topological polar surface area (TPSA) is 81.9 Å². The number of aromatic nitrogens is 4. The van der Waals surface area contributed by atoms with Gasteiger partial charge >= 0.3 is 0 Å². The Kier molecular flexibility index (Phi) is 6.24. The van der Waals surface area contributed by atoms with Crippen LogP contribution < -0.4 is 10.1 Å². The van der Waals surface area contributed by atoms with Crippen molar-refractivity contribution in [1.82, 2.24) is 19.7 Å². The van der Waals surface area contributed by atoms with E-state index in [-0.39, 0.29) is 11.7 Å². The van der Waals surface area contributed by atoms with Crippen LogP contribution in [0.2, 0.25) is 0 Å². The van der Waals surface area contributed by atoms with Crippen LogP contribution in [-0.4, -0.2) is 38.0 Å². The molecule has 7 nitrogen and oxygen atoms in total. The van der Waals surface area contributed by atoms with E-state index in [4.69, 9.17) is 4.74 Å². The van der Waals surface area contributed by atoms with Gasteiger partial charge in [-0.1, -0.05) is 49.0 Å². The average molecular weight is 420 g/mol. The second-order valence-corrected chi connectivity index (χ2v) is 7.45. The van der Waals surface area contributed by atoms with Crippen molar-refractivity contribution in [2.75, 3.05) is 17.7 Å². The summed E-state index contributed by atoms with van der Waals surface area (Å²) in [5.41, 5.74) is 2.29. The van der Waals surface area contributed by atoms with E-state index in [2.05, 4.69) is 20.4 Å². The van der Waals surface area contributed by atoms with Crippen LogP contribution in [0.5, 0.6) is 5.75 Å². The number of fused-ring (bicyclic) bond motifs is 1. The Morgan fingerprint density at radius 3 is 2.73 bits per heavy atom. The summed E-state index contributed by atoms with van der Waals surface area (Å²) in [7, 11) is 0. The van der Waals surface area contributed by atoms with Crippen LogP contribution in [0.4, 0.5) is 5.69 Å². The van der Waals surface area contributed by atoms with Gasteiger partial charge in [-0.15, -0.1) is 0 Å². The molecule has 2 aromatic carbocycles. The lowest BCUT2D eigenvalue weighted by Gasteiger charge is -2.11. The van der Waals surface area contributed by atoms with Gasteiger partial charge in [0.1, 0.15) is 17.1 Å². The predicted molar refractivity (Wildman–Crippen MR) is 118 cm³/mol. The van der Waals surface area contributed by atoms with Crippen LogP contribution in [0.1, 0.15) is 13.3 Å². The number of anilines is 1. The van der Waals surface area contributed by atoms with E-state index in [9.17, 15) is 4.79 Å². The summed E-state index contributed by atoms with van der Waals surface area (Å²) < 4.78 is 7.47. The van der Waals surface area contributed by atoms with E-state index in [0.29, 0.717) is 28.7 Å². The summed E-state index contributed by atoms with van der Waals surface area (Å²) in [6, 6.07) is 17.2. The number of carbonyl (C=O) groups excluding carboxylic acids is 1.